The first kappa shape index (κ1) is 21.3. The number of rotatable bonds is 9. The molecular weight excluding hydrogens is 356 g/mol. The SMILES string of the molecule is CCNC(=O)[C@@H](C)N(Cc1ccc(C)cc1)C(=O)COc1ccc(OC)cc1. The van der Waals surface area contributed by atoms with E-state index in [2.05, 4.69) is 5.32 Å². The van der Waals surface area contributed by atoms with Gasteiger partial charge in [-0.05, 0) is 50.6 Å². The van der Waals surface area contributed by atoms with Gasteiger partial charge >= 0.3 is 0 Å². The van der Waals surface area contributed by atoms with Crippen LogP contribution in [0.2, 0.25) is 0 Å². The number of carbonyl (C=O) groups excluding carboxylic acids is 2. The number of likely N-dealkylation sites (N-methyl/N-ethyl adjacent to an activating group) is 1. The highest BCUT2D eigenvalue weighted by molar-refractivity contribution is 5.87. The van der Waals surface area contributed by atoms with Crippen molar-refractivity contribution in [3.63, 3.8) is 0 Å². The number of methoxy groups -OCH3 is 1. The Kier molecular flexibility index (Phi) is 7.87. The molecule has 28 heavy (non-hydrogen) atoms. The van der Waals surface area contributed by atoms with Crippen LogP contribution in [-0.4, -0.2) is 43.0 Å². The van der Waals surface area contributed by atoms with Crippen LogP contribution >= 0.6 is 0 Å². The predicted octanol–water partition coefficient (Wildman–Crippen LogP) is 2.94. The van der Waals surface area contributed by atoms with Gasteiger partial charge in [-0.25, -0.2) is 0 Å². The van der Waals surface area contributed by atoms with E-state index in [4.69, 9.17) is 9.47 Å². The minimum atomic E-state index is -0.603. The van der Waals surface area contributed by atoms with Gasteiger partial charge in [0, 0.05) is 13.1 Å². The number of ether oxygens (including phenoxy) is 2. The fraction of sp³-hybridized carbons (Fsp3) is 0.364. The van der Waals surface area contributed by atoms with Crippen LogP contribution in [-0.2, 0) is 16.1 Å². The second kappa shape index (κ2) is 10.3. The number of carbonyl (C=O) groups is 2. The van der Waals surface area contributed by atoms with Crippen LogP contribution in [0, 0.1) is 6.92 Å². The standard InChI is InChI=1S/C22H28N2O4/c1-5-23-22(26)17(3)24(14-18-8-6-16(2)7-9-18)21(25)15-28-20-12-10-19(27-4)11-13-20/h6-13,17H,5,14-15H2,1-4H3,(H,23,26)/t17-/m1/s1. The third kappa shape index (κ3) is 6.01. The number of hydrogen-bond acceptors (Lipinski definition) is 4. The summed E-state index contributed by atoms with van der Waals surface area (Å²) in [4.78, 5) is 26.7. The molecule has 0 radical (unpaired) electrons. The monoisotopic (exact) mass is 384 g/mol. The van der Waals surface area contributed by atoms with E-state index in [-0.39, 0.29) is 18.4 Å². The molecule has 0 heterocycles. The van der Waals surface area contributed by atoms with Crippen molar-refractivity contribution in [3.8, 4) is 11.5 Å². The van der Waals surface area contributed by atoms with Crippen LogP contribution in [0.3, 0.4) is 0 Å². The number of benzene rings is 2. The first-order chi connectivity index (χ1) is 13.4. The number of nitrogens with one attached hydrogen (secondary N) is 1. The molecule has 150 valence electrons. The van der Waals surface area contributed by atoms with Crippen LogP contribution in [0.1, 0.15) is 25.0 Å². The number of hydrogen-bond donors (Lipinski definition) is 1. The van der Waals surface area contributed by atoms with Gasteiger partial charge in [0.15, 0.2) is 6.61 Å². The van der Waals surface area contributed by atoms with E-state index in [1.807, 2.05) is 38.1 Å². The van der Waals surface area contributed by atoms with Crippen LogP contribution < -0.4 is 14.8 Å². The fourth-order valence-electron chi connectivity index (χ4n) is 2.69. The highest BCUT2D eigenvalue weighted by atomic mass is 16.5. The Balaban J connectivity index is 2.10. The summed E-state index contributed by atoms with van der Waals surface area (Å²) in [6.07, 6.45) is 0. The zero-order chi connectivity index (χ0) is 20.5. The average Bonchev–Trinajstić information content (AvgIpc) is 2.71. The minimum absolute atomic E-state index is 0.151. The van der Waals surface area contributed by atoms with Crippen molar-refractivity contribution in [2.45, 2.75) is 33.4 Å². The van der Waals surface area contributed by atoms with Gasteiger partial charge in [-0.2, -0.15) is 0 Å². The summed E-state index contributed by atoms with van der Waals surface area (Å²) in [7, 11) is 1.59. The van der Waals surface area contributed by atoms with Crippen LogP contribution in [0.15, 0.2) is 48.5 Å². The van der Waals surface area contributed by atoms with E-state index in [9.17, 15) is 9.59 Å². The summed E-state index contributed by atoms with van der Waals surface area (Å²) >= 11 is 0. The maximum atomic E-state index is 12.9. The molecule has 2 aromatic carbocycles. The van der Waals surface area contributed by atoms with Crippen molar-refractivity contribution in [2.75, 3.05) is 20.3 Å². The molecule has 6 heteroatoms. The Morgan fingerprint density at radius 2 is 1.64 bits per heavy atom. The lowest BCUT2D eigenvalue weighted by atomic mass is 10.1. The molecule has 0 aromatic heterocycles. The Morgan fingerprint density at radius 3 is 2.21 bits per heavy atom. The molecule has 0 aliphatic carbocycles. The molecule has 0 aliphatic rings. The van der Waals surface area contributed by atoms with Crippen molar-refractivity contribution >= 4 is 11.8 Å². The summed E-state index contributed by atoms with van der Waals surface area (Å²) in [5, 5.41) is 2.77. The van der Waals surface area contributed by atoms with Gasteiger partial charge in [0.25, 0.3) is 5.91 Å². The molecule has 0 saturated carbocycles. The van der Waals surface area contributed by atoms with Gasteiger partial charge < -0.3 is 19.7 Å². The zero-order valence-corrected chi connectivity index (χ0v) is 16.9. The second-order valence-corrected chi connectivity index (χ2v) is 6.54. The molecular formula is C22H28N2O4. The Labute approximate surface area is 166 Å². The van der Waals surface area contributed by atoms with Crippen LogP contribution in [0.4, 0.5) is 0 Å². The maximum absolute atomic E-state index is 12.9. The van der Waals surface area contributed by atoms with Crippen LogP contribution in [0.5, 0.6) is 11.5 Å². The van der Waals surface area contributed by atoms with Gasteiger partial charge in [0.05, 0.1) is 7.11 Å². The van der Waals surface area contributed by atoms with Crippen LogP contribution in [0.25, 0.3) is 0 Å². The van der Waals surface area contributed by atoms with E-state index >= 15 is 0 Å². The van der Waals surface area contributed by atoms with E-state index < -0.39 is 6.04 Å². The van der Waals surface area contributed by atoms with Crippen molar-refractivity contribution < 1.29 is 19.1 Å². The lowest BCUT2D eigenvalue weighted by Crippen LogP contribution is -2.49. The summed E-state index contributed by atoms with van der Waals surface area (Å²) in [6.45, 7) is 6.28. The first-order valence-electron chi connectivity index (χ1n) is 9.34. The lowest BCUT2D eigenvalue weighted by Gasteiger charge is -2.28. The van der Waals surface area contributed by atoms with Crippen molar-refractivity contribution in [3.05, 3.63) is 59.7 Å². The molecule has 2 amide bonds. The lowest BCUT2D eigenvalue weighted by molar-refractivity contribution is -0.142. The minimum Gasteiger partial charge on any atom is -0.497 e. The number of nitrogens with zero attached hydrogens (tertiary/aromatic N) is 1. The maximum Gasteiger partial charge on any atom is 0.261 e. The molecule has 0 fully saturated rings. The molecule has 0 saturated heterocycles. The summed E-state index contributed by atoms with van der Waals surface area (Å²) in [6, 6.07) is 14.3. The second-order valence-electron chi connectivity index (χ2n) is 6.54. The third-order valence-electron chi connectivity index (χ3n) is 4.41. The quantitative estimate of drug-likeness (QED) is 0.722. The number of amides is 2. The molecule has 2 aromatic rings. The highest BCUT2D eigenvalue weighted by Crippen LogP contribution is 2.17. The molecule has 2 rings (SSSR count). The van der Waals surface area contributed by atoms with E-state index in [1.165, 1.54) is 0 Å². The van der Waals surface area contributed by atoms with E-state index in [0.29, 0.717) is 24.6 Å². The van der Waals surface area contributed by atoms with Crippen molar-refractivity contribution in [1.29, 1.82) is 0 Å². The fourth-order valence-corrected chi connectivity index (χ4v) is 2.69. The Morgan fingerprint density at radius 1 is 1.04 bits per heavy atom. The molecule has 6 nitrogen and oxygen atoms in total. The summed E-state index contributed by atoms with van der Waals surface area (Å²) in [5.74, 6) is 0.835. The third-order valence-corrected chi connectivity index (χ3v) is 4.41. The largest absolute Gasteiger partial charge is 0.497 e. The van der Waals surface area contributed by atoms with Gasteiger partial charge in [-0.15, -0.1) is 0 Å². The molecule has 0 aliphatic heterocycles. The molecule has 1 atom stereocenters. The van der Waals surface area contributed by atoms with Gasteiger partial charge in [-0.3, -0.25) is 9.59 Å². The molecule has 0 bridgehead atoms. The van der Waals surface area contributed by atoms with Gasteiger partial charge in [0.1, 0.15) is 17.5 Å². The predicted molar refractivity (Wildman–Crippen MR) is 108 cm³/mol. The zero-order valence-electron chi connectivity index (χ0n) is 16.9. The van der Waals surface area contributed by atoms with Crippen molar-refractivity contribution in [2.24, 2.45) is 0 Å². The topological polar surface area (TPSA) is 67.9 Å². The first-order valence-corrected chi connectivity index (χ1v) is 9.34. The smallest absolute Gasteiger partial charge is 0.261 e. The summed E-state index contributed by atoms with van der Waals surface area (Å²) in [5.41, 5.74) is 2.10. The molecule has 1 N–H and O–H groups in total. The normalized spacial score (nSPS) is 11.4. The molecule has 0 spiro atoms. The number of aryl methyl sites for hydroxylation is 1. The average molecular weight is 384 g/mol. The van der Waals surface area contributed by atoms with E-state index in [1.54, 1.807) is 43.2 Å². The van der Waals surface area contributed by atoms with E-state index in [0.717, 1.165) is 11.1 Å². The van der Waals surface area contributed by atoms with Gasteiger partial charge in [0.2, 0.25) is 5.91 Å². The highest BCUT2D eigenvalue weighted by Gasteiger charge is 2.26. The molecule has 0 unspecified atom stereocenters. The Bertz CT molecular complexity index is 772. The van der Waals surface area contributed by atoms with Crippen molar-refractivity contribution in [1.82, 2.24) is 10.2 Å². The summed E-state index contributed by atoms with van der Waals surface area (Å²) < 4.78 is 10.7. The van der Waals surface area contributed by atoms with Gasteiger partial charge in [-0.1, -0.05) is 29.8 Å². The Hall–Kier alpha value is -3.02.